The summed E-state index contributed by atoms with van der Waals surface area (Å²) >= 11 is 3.55. The summed E-state index contributed by atoms with van der Waals surface area (Å²) in [5, 5.41) is 10.6. The van der Waals surface area contributed by atoms with Gasteiger partial charge < -0.3 is 4.42 Å². The van der Waals surface area contributed by atoms with Crippen LogP contribution in [0, 0.1) is 0 Å². The lowest BCUT2D eigenvalue weighted by atomic mass is 10.1. The van der Waals surface area contributed by atoms with Crippen molar-refractivity contribution in [2.24, 2.45) is 0 Å². The van der Waals surface area contributed by atoms with Crippen LogP contribution in [0.3, 0.4) is 0 Å². The van der Waals surface area contributed by atoms with E-state index in [9.17, 15) is 4.79 Å². The zero-order valence-corrected chi connectivity index (χ0v) is 17.4. The van der Waals surface area contributed by atoms with Gasteiger partial charge in [-0.05, 0) is 47.8 Å². The summed E-state index contributed by atoms with van der Waals surface area (Å²) in [7, 11) is 0. The summed E-state index contributed by atoms with van der Waals surface area (Å²) in [6.45, 7) is 2.13. The molecule has 0 radical (unpaired) electrons. The molecule has 0 aliphatic heterocycles. The summed E-state index contributed by atoms with van der Waals surface area (Å²) < 4.78 is 5.55. The average molecular weight is 414 g/mol. The van der Waals surface area contributed by atoms with E-state index in [4.69, 9.17) is 4.42 Å². The van der Waals surface area contributed by atoms with Gasteiger partial charge in [-0.25, -0.2) is 0 Å². The van der Waals surface area contributed by atoms with E-state index < -0.39 is 0 Å². The van der Waals surface area contributed by atoms with Gasteiger partial charge in [0.1, 0.15) is 0 Å². The van der Waals surface area contributed by atoms with Crippen molar-refractivity contribution in [2.75, 3.05) is 16.8 Å². The molecule has 1 aromatic heterocycles. The molecule has 3 aromatic rings. The van der Waals surface area contributed by atoms with Crippen molar-refractivity contribution < 1.29 is 9.21 Å². The molecule has 5 nitrogen and oxygen atoms in total. The SMILES string of the molecule is CCSc1ccc(Cc2nnc(NC(=O)CCCSc3ccccc3)o2)cc1. The number of amides is 1. The third-order valence-corrected chi connectivity index (χ3v) is 5.86. The van der Waals surface area contributed by atoms with Crippen LogP contribution < -0.4 is 5.32 Å². The lowest BCUT2D eigenvalue weighted by Crippen LogP contribution is -2.11. The van der Waals surface area contributed by atoms with Crippen molar-refractivity contribution in [3.8, 4) is 0 Å². The molecule has 1 heterocycles. The van der Waals surface area contributed by atoms with Gasteiger partial charge in [0, 0.05) is 16.2 Å². The fourth-order valence-corrected chi connectivity index (χ4v) is 4.08. The molecule has 146 valence electrons. The highest BCUT2D eigenvalue weighted by atomic mass is 32.2. The minimum absolute atomic E-state index is 0.107. The molecule has 0 saturated carbocycles. The Kier molecular flexibility index (Phi) is 7.99. The largest absolute Gasteiger partial charge is 0.407 e. The first-order valence-electron chi connectivity index (χ1n) is 9.25. The molecule has 28 heavy (non-hydrogen) atoms. The zero-order chi connectivity index (χ0) is 19.6. The Morgan fingerprint density at radius 3 is 2.50 bits per heavy atom. The maximum absolute atomic E-state index is 12.0. The van der Waals surface area contributed by atoms with E-state index in [1.807, 2.05) is 30.0 Å². The van der Waals surface area contributed by atoms with E-state index in [-0.39, 0.29) is 11.9 Å². The van der Waals surface area contributed by atoms with E-state index in [1.165, 1.54) is 9.79 Å². The van der Waals surface area contributed by atoms with Crippen molar-refractivity contribution in [3.05, 3.63) is 66.1 Å². The first-order chi connectivity index (χ1) is 13.7. The van der Waals surface area contributed by atoms with Crippen LogP contribution in [0.15, 0.2) is 68.8 Å². The smallest absolute Gasteiger partial charge is 0.322 e. The van der Waals surface area contributed by atoms with Gasteiger partial charge >= 0.3 is 6.01 Å². The molecule has 0 unspecified atom stereocenters. The number of nitrogens with zero attached hydrogens (tertiary/aromatic N) is 2. The number of hydrogen-bond acceptors (Lipinski definition) is 6. The Morgan fingerprint density at radius 1 is 1.00 bits per heavy atom. The zero-order valence-electron chi connectivity index (χ0n) is 15.8. The van der Waals surface area contributed by atoms with Gasteiger partial charge in [0.05, 0.1) is 6.42 Å². The number of anilines is 1. The van der Waals surface area contributed by atoms with Crippen molar-refractivity contribution in [2.45, 2.75) is 36.0 Å². The van der Waals surface area contributed by atoms with E-state index in [2.05, 4.69) is 58.8 Å². The maximum atomic E-state index is 12.0. The van der Waals surface area contributed by atoms with Gasteiger partial charge in [0.2, 0.25) is 11.8 Å². The van der Waals surface area contributed by atoms with Crippen molar-refractivity contribution >= 4 is 35.4 Å². The Bertz CT molecular complexity index is 867. The molecule has 1 N–H and O–H groups in total. The number of benzene rings is 2. The standard InChI is InChI=1S/C21H23N3O2S2/c1-2-27-18-12-10-16(11-13-18)15-20-23-24-21(26-20)22-19(25)9-6-14-28-17-7-4-3-5-8-17/h3-5,7-8,10-13H,2,6,9,14-15H2,1H3,(H,22,24,25). The lowest BCUT2D eigenvalue weighted by molar-refractivity contribution is -0.116. The third-order valence-electron chi connectivity index (χ3n) is 3.86. The average Bonchev–Trinajstić information content (AvgIpc) is 3.14. The Balaban J connectivity index is 1.40. The van der Waals surface area contributed by atoms with Crippen LogP contribution in [-0.2, 0) is 11.2 Å². The van der Waals surface area contributed by atoms with Crippen LogP contribution >= 0.6 is 23.5 Å². The Morgan fingerprint density at radius 2 is 1.75 bits per heavy atom. The minimum atomic E-state index is -0.107. The highest BCUT2D eigenvalue weighted by Gasteiger charge is 2.10. The van der Waals surface area contributed by atoms with Crippen molar-refractivity contribution in [3.63, 3.8) is 0 Å². The molecule has 1 amide bonds. The van der Waals surface area contributed by atoms with Gasteiger partial charge in [-0.3, -0.25) is 10.1 Å². The molecule has 0 atom stereocenters. The number of nitrogens with one attached hydrogen (secondary N) is 1. The summed E-state index contributed by atoms with van der Waals surface area (Å²) in [4.78, 5) is 14.5. The second kappa shape index (κ2) is 10.9. The van der Waals surface area contributed by atoms with Gasteiger partial charge in [-0.2, -0.15) is 0 Å². The van der Waals surface area contributed by atoms with Gasteiger partial charge in [0.15, 0.2) is 0 Å². The van der Waals surface area contributed by atoms with Gasteiger partial charge in [-0.1, -0.05) is 42.4 Å². The molecule has 3 rings (SSSR count). The fraction of sp³-hybridized carbons (Fsp3) is 0.286. The van der Waals surface area contributed by atoms with Crippen LogP contribution in [-0.4, -0.2) is 27.6 Å². The normalized spacial score (nSPS) is 10.8. The first kappa shape index (κ1) is 20.5. The second-order valence-corrected chi connectivity index (χ2v) is 8.57. The molecule has 0 saturated heterocycles. The molecule has 0 bridgehead atoms. The Labute approximate surface area is 173 Å². The lowest BCUT2D eigenvalue weighted by Gasteiger charge is -2.02. The number of rotatable bonds is 10. The topological polar surface area (TPSA) is 68.0 Å². The monoisotopic (exact) mass is 413 g/mol. The minimum Gasteiger partial charge on any atom is -0.407 e. The van der Waals surface area contributed by atoms with Crippen molar-refractivity contribution in [1.29, 1.82) is 0 Å². The maximum Gasteiger partial charge on any atom is 0.322 e. The van der Waals surface area contributed by atoms with Gasteiger partial charge in [-0.15, -0.1) is 28.6 Å². The predicted molar refractivity (Wildman–Crippen MR) is 115 cm³/mol. The number of carbonyl (C=O) groups excluding carboxylic acids is 1. The summed E-state index contributed by atoms with van der Waals surface area (Å²) in [6.07, 6.45) is 1.76. The molecule has 0 spiro atoms. The van der Waals surface area contributed by atoms with E-state index in [0.29, 0.717) is 18.7 Å². The Hall–Kier alpha value is -2.25. The van der Waals surface area contributed by atoms with Crippen LogP contribution in [0.5, 0.6) is 0 Å². The number of hydrogen-bond donors (Lipinski definition) is 1. The highest BCUT2D eigenvalue weighted by Crippen LogP contribution is 2.20. The quantitative estimate of drug-likeness (QED) is 0.360. The summed E-state index contributed by atoms with van der Waals surface area (Å²) in [6, 6.07) is 18.6. The molecule has 0 fully saturated rings. The fourth-order valence-electron chi connectivity index (χ4n) is 2.54. The van der Waals surface area contributed by atoms with E-state index in [1.54, 1.807) is 11.8 Å². The molecular weight excluding hydrogens is 390 g/mol. The van der Waals surface area contributed by atoms with E-state index in [0.717, 1.165) is 23.5 Å². The molecule has 0 aliphatic rings. The second-order valence-electron chi connectivity index (χ2n) is 6.07. The van der Waals surface area contributed by atoms with Crippen molar-refractivity contribution in [1.82, 2.24) is 10.2 Å². The number of thioether (sulfide) groups is 2. The molecule has 0 aliphatic carbocycles. The summed E-state index contributed by atoms with van der Waals surface area (Å²) in [5.41, 5.74) is 1.10. The van der Waals surface area contributed by atoms with Crippen LogP contribution in [0.25, 0.3) is 0 Å². The molecular formula is C21H23N3O2S2. The molecule has 2 aromatic carbocycles. The van der Waals surface area contributed by atoms with Crippen LogP contribution in [0.1, 0.15) is 31.2 Å². The van der Waals surface area contributed by atoms with Crippen LogP contribution in [0.2, 0.25) is 0 Å². The predicted octanol–water partition coefficient (Wildman–Crippen LogP) is 5.28. The molecule has 7 heteroatoms. The third kappa shape index (κ3) is 6.73. The van der Waals surface area contributed by atoms with E-state index >= 15 is 0 Å². The number of aromatic nitrogens is 2. The summed E-state index contributed by atoms with van der Waals surface area (Å²) in [5.74, 6) is 2.33. The highest BCUT2D eigenvalue weighted by molar-refractivity contribution is 7.99. The van der Waals surface area contributed by atoms with Crippen LogP contribution in [0.4, 0.5) is 6.01 Å². The first-order valence-corrected chi connectivity index (χ1v) is 11.2. The number of carbonyl (C=O) groups is 1. The van der Waals surface area contributed by atoms with Gasteiger partial charge in [0.25, 0.3) is 0 Å².